The second kappa shape index (κ2) is 5.15. The summed E-state index contributed by atoms with van der Waals surface area (Å²) in [6, 6.07) is 6.24. The van der Waals surface area contributed by atoms with Crippen LogP contribution in [-0.4, -0.2) is 15.8 Å². The molecule has 7 heteroatoms. The summed E-state index contributed by atoms with van der Waals surface area (Å²) in [4.78, 5) is 29.8. The minimum Gasteiger partial charge on any atom is -0.398 e. The van der Waals surface area contributed by atoms with Crippen LogP contribution in [0.1, 0.15) is 17.3 Å². The number of hydrogen-bond donors (Lipinski definition) is 3. The van der Waals surface area contributed by atoms with Crippen molar-refractivity contribution < 1.29 is 4.79 Å². The molecule has 5 N–H and O–H groups in total. The molecule has 2 rings (SSSR count). The Labute approximate surface area is 113 Å². The maximum atomic E-state index is 11.3. The van der Waals surface area contributed by atoms with Crippen LogP contribution in [0.2, 0.25) is 0 Å². The van der Waals surface area contributed by atoms with Crippen LogP contribution in [0, 0.1) is 0 Å². The van der Waals surface area contributed by atoms with Gasteiger partial charge in [-0.1, -0.05) is 11.8 Å². The van der Waals surface area contributed by atoms with Gasteiger partial charge in [0.1, 0.15) is 5.82 Å². The van der Waals surface area contributed by atoms with Crippen molar-refractivity contribution >= 4 is 29.1 Å². The van der Waals surface area contributed by atoms with Crippen LogP contribution in [-0.2, 0) is 0 Å². The summed E-state index contributed by atoms with van der Waals surface area (Å²) in [5.41, 5.74) is 11.8. The molecule has 98 valence electrons. The van der Waals surface area contributed by atoms with E-state index in [1.807, 2.05) is 0 Å². The lowest BCUT2D eigenvalue weighted by Gasteiger charge is -2.05. The molecule has 1 aromatic heterocycles. The number of carbonyl (C=O) groups is 1. The van der Waals surface area contributed by atoms with Gasteiger partial charge in [-0.25, -0.2) is 4.98 Å². The molecule has 0 aliphatic heterocycles. The summed E-state index contributed by atoms with van der Waals surface area (Å²) >= 11 is 1.21. The molecule has 19 heavy (non-hydrogen) atoms. The number of H-pyrrole nitrogens is 1. The Hall–Kier alpha value is -2.28. The van der Waals surface area contributed by atoms with Gasteiger partial charge in [-0.05, 0) is 25.1 Å². The number of aromatic nitrogens is 2. The van der Waals surface area contributed by atoms with Crippen LogP contribution in [0.3, 0.4) is 0 Å². The predicted octanol–water partition coefficient (Wildman–Crippen LogP) is 1.29. The van der Waals surface area contributed by atoms with Crippen LogP contribution < -0.4 is 17.0 Å². The Kier molecular flexibility index (Phi) is 3.57. The largest absolute Gasteiger partial charge is 0.398 e. The highest BCUT2D eigenvalue weighted by Crippen LogP contribution is 2.27. The smallest absolute Gasteiger partial charge is 0.253 e. The van der Waals surface area contributed by atoms with Gasteiger partial charge >= 0.3 is 0 Å². The van der Waals surface area contributed by atoms with Gasteiger partial charge in [0.25, 0.3) is 5.56 Å². The number of benzene rings is 1. The average Bonchev–Trinajstić information content (AvgIpc) is 2.26. The molecular formula is C12H12N4O2S. The van der Waals surface area contributed by atoms with Crippen molar-refractivity contribution in [2.75, 3.05) is 11.5 Å². The topological polar surface area (TPSA) is 115 Å². The van der Waals surface area contributed by atoms with Crippen molar-refractivity contribution in [1.29, 1.82) is 0 Å². The van der Waals surface area contributed by atoms with E-state index in [9.17, 15) is 9.59 Å². The highest BCUT2D eigenvalue weighted by Gasteiger charge is 2.07. The van der Waals surface area contributed by atoms with E-state index in [0.29, 0.717) is 16.4 Å². The fraction of sp³-hybridized carbons (Fsp3) is 0.0833. The van der Waals surface area contributed by atoms with Crippen LogP contribution in [0.5, 0.6) is 0 Å². The number of carbonyl (C=O) groups excluding carboxylic acids is 1. The second-order valence-electron chi connectivity index (χ2n) is 3.88. The summed E-state index contributed by atoms with van der Waals surface area (Å²) < 4.78 is 0. The van der Waals surface area contributed by atoms with Crippen molar-refractivity contribution in [3.63, 3.8) is 0 Å². The number of anilines is 2. The summed E-state index contributed by atoms with van der Waals surface area (Å²) in [6.45, 7) is 1.45. The molecule has 1 aromatic carbocycles. The highest BCUT2D eigenvalue weighted by atomic mass is 32.2. The van der Waals surface area contributed by atoms with Gasteiger partial charge in [-0.3, -0.25) is 9.59 Å². The summed E-state index contributed by atoms with van der Waals surface area (Å²) in [6.07, 6.45) is 0. The number of nitrogens with two attached hydrogens (primary N) is 2. The van der Waals surface area contributed by atoms with Crippen LogP contribution in [0.15, 0.2) is 39.1 Å². The number of ketones is 1. The first kappa shape index (κ1) is 13.2. The molecule has 0 aliphatic carbocycles. The number of nitrogen functional groups attached to an aromatic ring is 2. The third-order valence-corrected chi connectivity index (χ3v) is 3.23. The lowest BCUT2D eigenvalue weighted by atomic mass is 10.1. The molecule has 0 unspecified atom stereocenters. The first-order chi connectivity index (χ1) is 8.95. The molecule has 2 aromatic rings. The van der Waals surface area contributed by atoms with Gasteiger partial charge in [0, 0.05) is 22.2 Å². The van der Waals surface area contributed by atoms with Crippen molar-refractivity contribution in [1.82, 2.24) is 9.97 Å². The Morgan fingerprint density at radius 1 is 1.32 bits per heavy atom. The SMILES string of the molecule is CC(=O)c1ccc(Sc2nc(N)cc(=O)[nH]2)cc1N. The van der Waals surface area contributed by atoms with E-state index < -0.39 is 0 Å². The quantitative estimate of drug-likeness (QED) is 0.442. The Bertz CT molecular complexity index is 696. The predicted molar refractivity (Wildman–Crippen MR) is 74.3 cm³/mol. The van der Waals surface area contributed by atoms with Crippen molar-refractivity contribution in [3.05, 3.63) is 40.2 Å². The Morgan fingerprint density at radius 3 is 2.63 bits per heavy atom. The molecule has 0 radical (unpaired) electrons. The van der Waals surface area contributed by atoms with E-state index in [1.54, 1.807) is 18.2 Å². The normalized spacial score (nSPS) is 10.4. The lowest BCUT2D eigenvalue weighted by Crippen LogP contribution is -2.09. The summed E-state index contributed by atoms with van der Waals surface area (Å²) in [7, 11) is 0. The fourth-order valence-corrected chi connectivity index (χ4v) is 2.39. The van der Waals surface area contributed by atoms with Crippen LogP contribution >= 0.6 is 11.8 Å². The van der Waals surface area contributed by atoms with E-state index in [-0.39, 0.29) is 17.2 Å². The maximum Gasteiger partial charge on any atom is 0.253 e. The Morgan fingerprint density at radius 2 is 2.05 bits per heavy atom. The molecule has 0 spiro atoms. The molecule has 0 saturated heterocycles. The van der Waals surface area contributed by atoms with E-state index in [2.05, 4.69) is 9.97 Å². The number of hydrogen-bond acceptors (Lipinski definition) is 6. The molecular weight excluding hydrogens is 264 g/mol. The Balaban J connectivity index is 2.31. The van der Waals surface area contributed by atoms with Gasteiger partial charge in [-0.2, -0.15) is 0 Å². The highest BCUT2D eigenvalue weighted by molar-refractivity contribution is 7.99. The zero-order chi connectivity index (χ0) is 14.0. The van der Waals surface area contributed by atoms with Gasteiger partial charge in [0.05, 0.1) is 0 Å². The first-order valence-corrected chi connectivity index (χ1v) is 6.22. The van der Waals surface area contributed by atoms with Crippen LogP contribution in [0.4, 0.5) is 11.5 Å². The molecule has 0 fully saturated rings. The summed E-state index contributed by atoms with van der Waals surface area (Å²) in [5, 5.41) is 0.375. The molecule has 0 saturated carbocycles. The lowest BCUT2D eigenvalue weighted by molar-refractivity contribution is 0.101. The second-order valence-corrected chi connectivity index (χ2v) is 4.94. The third kappa shape index (κ3) is 3.14. The number of nitrogens with one attached hydrogen (secondary N) is 1. The van der Waals surface area contributed by atoms with Crippen molar-refractivity contribution in [2.45, 2.75) is 17.0 Å². The minimum absolute atomic E-state index is 0.0930. The standard InChI is InChI=1S/C12H12N4O2S/c1-6(17)8-3-2-7(4-9(8)13)19-12-15-10(14)5-11(18)16-12/h2-5H,13H2,1H3,(H3,14,15,16,18). The molecule has 0 aliphatic rings. The van der Waals surface area contributed by atoms with Gasteiger partial charge in [0.15, 0.2) is 10.9 Å². The number of rotatable bonds is 3. The molecule has 6 nitrogen and oxygen atoms in total. The van der Waals surface area contributed by atoms with Gasteiger partial charge < -0.3 is 16.5 Å². The first-order valence-electron chi connectivity index (χ1n) is 5.41. The third-order valence-electron chi connectivity index (χ3n) is 2.36. The van der Waals surface area contributed by atoms with E-state index >= 15 is 0 Å². The number of Topliss-reactive ketones (excluding diaryl/α,β-unsaturated/α-hetero) is 1. The molecule has 0 bridgehead atoms. The van der Waals surface area contributed by atoms with E-state index in [1.165, 1.54) is 24.8 Å². The monoisotopic (exact) mass is 276 g/mol. The molecule has 0 atom stereocenters. The van der Waals surface area contributed by atoms with Crippen molar-refractivity contribution in [2.24, 2.45) is 0 Å². The van der Waals surface area contributed by atoms with Gasteiger partial charge in [-0.15, -0.1) is 0 Å². The van der Waals surface area contributed by atoms with Crippen LogP contribution in [0.25, 0.3) is 0 Å². The van der Waals surface area contributed by atoms with E-state index in [4.69, 9.17) is 11.5 Å². The zero-order valence-corrected chi connectivity index (χ0v) is 11.0. The number of nitrogens with zero attached hydrogens (tertiary/aromatic N) is 1. The average molecular weight is 276 g/mol. The maximum absolute atomic E-state index is 11.3. The number of aromatic amines is 1. The molecule has 0 amide bonds. The van der Waals surface area contributed by atoms with E-state index in [0.717, 1.165) is 4.90 Å². The fourth-order valence-electron chi connectivity index (χ4n) is 1.54. The van der Waals surface area contributed by atoms with Crippen molar-refractivity contribution in [3.8, 4) is 0 Å². The zero-order valence-electron chi connectivity index (χ0n) is 10.1. The van der Waals surface area contributed by atoms with Gasteiger partial charge in [0.2, 0.25) is 0 Å². The molecule has 1 heterocycles. The minimum atomic E-state index is -0.316. The summed E-state index contributed by atoms with van der Waals surface area (Å²) in [5.74, 6) is 0.0594.